The van der Waals surface area contributed by atoms with Gasteiger partial charge in [0.2, 0.25) is 8.32 Å². The molecule has 0 aromatic carbocycles. The average Bonchev–Trinajstić information content (AvgIpc) is 1.81. The fourth-order valence-electron chi connectivity index (χ4n) is 1.59. The van der Waals surface area contributed by atoms with Gasteiger partial charge in [0.05, 0.1) is 5.92 Å². The zero-order chi connectivity index (χ0) is 8.65. The molecular weight excluding hydrogens is 156 g/mol. The smallest absolute Gasteiger partial charge is 0.295 e. The molecule has 0 spiro atoms. The second-order valence-electron chi connectivity index (χ2n) is 4.15. The van der Waals surface area contributed by atoms with Crippen molar-refractivity contribution in [3.05, 3.63) is 0 Å². The summed E-state index contributed by atoms with van der Waals surface area (Å²) < 4.78 is 5.36. The lowest BCUT2D eigenvalue weighted by Crippen LogP contribution is -2.44. The molecule has 0 aliphatic carbocycles. The van der Waals surface area contributed by atoms with E-state index in [-0.39, 0.29) is 11.9 Å². The Bertz CT molecular complexity index is 177. The Morgan fingerprint density at radius 2 is 2.00 bits per heavy atom. The summed E-state index contributed by atoms with van der Waals surface area (Å²) in [5.41, 5.74) is 0. The van der Waals surface area contributed by atoms with Gasteiger partial charge in [-0.1, -0.05) is 13.8 Å². The Balaban J connectivity index is 2.70. The summed E-state index contributed by atoms with van der Waals surface area (Å²) >= 11 is 0. The third-order valence-electron chi connectivity index (χ3n) is 2.42. The van der Waals surface area contributed by atoms with Gasteiger partial charge in [-0.3, -0.25) is 4.79 Å². The van der Waals surface area contributed by atoms with Crippen molar-refractivity contribution in [3.8, 4) is 0 Å². The fourth-order valence-corrected chi connectivity index (χ4v) is 4.31. The quantitative estimate of drug-likeness (QED) is 0.523. The number of hydrogen-bond acceptors (Lipinski definition) is 2. The Morgan fingerprint density at radius 1 is 1.45 bits per heavy atom. The van der Waals surface area contributed by atoms with Crippen LogP contribution < -0.4 is 0 Å². The third kappa shape index (κ3) is 1.83. The predicted molar refractivity (Wildman–Crippen MR) is 46.7 cm³/mol. The maximum Gasteiger partial charge on any atom is 0.295 e. The van der Waals surface area contributed by atoms with E-state index in [2.05, 4.69) is 20.0 Å². The van der Waals surface area contributed by atoms with Crippen molar-refractivity contribution in [2.75, 3.05) is 0 Å². The topological polar surface area (TPSA) is 26.3 Å². The third-order valence-corrected chi connectivity index (χ3v) is 4.80. The van der Waals surface area contributed by atoms with Gasteiger partial charge in [0, 0.05) is 0 Å². The van der Waals surface area contributed by atoms with E-state index < -0.39 is 8.32 Å². The summed E-state index contributed by atoms with van der Waals surface area (Å²) in [7, 11) is -1.61. The van der Waals surface area contributed by atoms with E-state index in [0.29, 0.717) is 5.92 Å². The van der Waals surface area contributed by atoms with Crippen LogP contribution in [0.5, 0.6) is 0 Å². The molecule has 1 rings (SSSR count). The van der Waals surface area contributed by atoms with E-state index in [0.717, 1.165) is 6.04 Å². The molecule has 2 nitrogen and oxygen atoms in total. The predicted octanol–water partition coefficient (Wildman–Crippen LogP) is 2.02. The second kappa shape index (κ2) is 2.63. The zero-order valence-electron chi connectivity index (χ0n) is 7.68. The van der Waals surface area contributed by atoms with E-state index in [1.54, 1.807) is 0 Å². The maximum absolute atomic E-state index is 11.2. The summed E-state index contributed by atoms with van der Waals surface area (Å²) in [6.07, 6.45) is 0. The average molecular weight is 172 g/mol. The summed E-state index contributed by atoms with van der Waals surface area (Å²) in [5, 5.41) is 0. The zero-order valence-corrected chi connectivity index (χ0v) is 8.68. The maximum atomic E-state index is 11.2. The summed E-state index contributed by atoms with van der Waals surface area (Å²) in [5.74, 6) is 0.633. The molecule has 0 radical (unpaired) electrons. The van der Waals surface area contributed by atoms with Crippen molar-refractivity contribution in [1.29, 1.82) is 0 Å². The molecule has 11 heavy (non-hydrogen) atoms. The molecule has 1 aliphatic rings. The van der Waals surface area contributed by atoms with Crippen molar-refractivity contribution in [2.24, 2.45) is 11.8 Å². The minimum atomic E-state index is -1.61. The monoisotopic (exact) mass is 172 g/mol. The summed E-state index contributed by atoms with van der Waals surface area (Å²) in [6.45, 7) is 8.30. The SMILES string of the molecule is CC1C[Si](C)(C)OC(=O)C1C. The molecule has 0 bridgehead atoms. The molecular formula is C8H16O2Si. The highest BCUT2D eigenvalue weighted by atomic mass is 28.4. The molecule has 1 aliphatic heterocycles. The van der Waals surface area contributed by atoms with Crippen LogP contribution in [0, 0.1) is 11.8 Å². The van der Waals surface area contributed by atoms with E-state index in [1.807, 2.05) is 6.92 Å². The lowest BCUT2D eigenvalue weighted by atomic mass is 9.98. The van der Waals surface area contributed by atoms with Crippen LogP contribution in [-0.2, 0) is 9.22 Å². The van der Waals surface area contributed by atoms with Crippen LogP contribution in [0.2, 0.25) is 19.1 Å². The molecule has 0 aromatic rings. The minimum Gasteiger partial charge on any atom is -0.519 e. The van der Waals surface area contributed by atoms with Gasteiger partial charge in [-0.15, -0.1) is 0 Å². The lowest BCUT2D eigenvalue weighted by molar-refractivity contribution is -0.142. The molecule has 2 atom stereocenters. The molecule has 64 valence electrons. The Labute approximate surface area is 69.1 Å². The number of hydrogen-bond donors (Lipinski definition) is 0. The van der Waals surface area contributed by atoms with Gasteiger partial charge in [-0.05, 0) is 25.1 Å². The van der Waals surface area contributed by atoms with Crippen LogP contribution in [0.1, 0.15) is 13.8 Å². The first kappa shape index (κ1) is 8.78. The molecule has 0 saturated carbocycles. The van der Waals surface area contributed by atoms with Crippen LogP contribution in [0.25, 0.3) is 0 Å². The van der Waals surface area contributed by atoms with Crippen LogP contribution >= 0.6 is 0 Å². The number of carbonyl (C=O) groups excluding carboxylic acids is 1. The number of rotatable bonds is 0. The molecule has 1 heterocycles. The first-order valence-electron chi connectivity index (χ1n) is 4.15. The number of carbonyl (C=O) groups is 1. The molecule has 1 fully saturated rings. The Kier molecular flexibility index (Phi) is 2.10. The minimum absolute atomic E-state index is 0.0143. The highest BCUT2D eigenvalue weighted by Gasteiger charge is 2.39. The molecule has 0 N–H and O–H groups in total. The fraction of sp³-hybridized carbons (Fsp3) is 0.875. The van der Waals surface area contributed by atoms with Gasteiger partial charge in [0.15, 0.2) is 0 Å². The normalized spacial score (nSPS) is 36.5. The standard InChI is InChI=1S/C8H16O2Si/c1-6-5-11(3,4)10-8(9)7(6)2/h6-7H,5H2,1-4H3. The largest absolute Gasteiger partial charge is 0.519 e. The first-order valence-corrected chi connectivity index (χ1v) is 7.27. The highest BCUT2D eigenvalue weighted by Crippen LogP contribution is 2.31. The highest BCUT2D eigenvalue weighted by molar-refractivity contribution is 6.73. The summed E-state index contributed by atoms with van der Waals surface area (Å²) in [4.78, 5) is 11.2. The van der Waals surface area contributed by atoms with E-state index in [4.69, 9.17) is 4.43 Å². The van der Waals surface area contributed by atoms with Gasteiger partial charge in [-0.2, -0.15) is 0 Å². The second-order valence-corrected chi connectivity index (χ2v) is 8.28. The van der Waals surface area contributed by atoms with Gasteiger partial charge in [-0.25, -0.2) is 0 Å². The van der Waals surface area contributed by atoms with Gasteiger partial charge >= 0.3 is 0 Å². The lowest BCUT2D eigenvalue weighted by Gasteiger charge is -2.35. The molecule has 0 aromatic heterocycles. The van der Waals surface area contributed by atoms with Gasteiger partial charge in [0.25, 0.3) is 5.97 Å². The van der Waals surface area contributed by atoms with Crippen molar-refractivity contribution in [3.63, 3.8) is 0 Å². The van der Waals surface area contributed by atoms with E-state index >= 15 is 0 Å². The van der Waals surface area contributed by atoms with Crippen molar-refractivity contribution in [2.45, 2.75) is 33.0 Å². The van der Waals surface area contributed by atoms with Crippen LogP contribution in [0.15, 0.2) is 0 Å². The van der Waals surface area contributed by atoms with E-state index in [1.165, 1.54) is 0 Å². The molecule has 2 unspecified atom stereocenters. The summed E-state index contributed by atoms with van der Waals surface area (Å²) in [6, 6.07) is 1.11. The molecule has 0 amide bonds. The van der Waals surface area contributed by atoms with E-state index in [9.17, 15) is 4.79 Å². The van der Waals surface area contributed by atoms with Crippen LogP contribution in [-0.4, -0.2) is 14.3 Å². The Morgan fingerprint density at radius 3 is 2.45 bits per heavy atom. The van der Waals surface area contributed by atoms with Gasteiger partial charge in [0.1, 0.15) is 0 Å². The van der Waals surface area contributed by atoms with Crippen LogP contribution in [0.4, 0.5) is 0 Å². The van der Waals surface area contributed by atoms with Gasteiger partial charge < -0.3 is 4.43 Å². The Hall–Kier alpha value is -0.313. The van der Waals surface area contributed by atoms with Crippen molar-refractivity contribution in [1.82, 2.24) is 0 Å². The van der Waals surface area contributed by atoms with Crippen molar-refractivity contribution < 1.29 is 9.22 Å². The molecule has 3 heteroatoms. The van der Waals surface area contributed by atoms with Crippen molar-refractivity contribution >= 4 is 14.3 Å². The first-order chi connectivity index (χ1) is 4.92. The molecule has 1 saturated heterocycles. The van der Waals surface area contributed by atoms with Crippen LogP contribution in [0.3, 0.4) is 0 Å².